The van der Waals surface area contributed by atoms with E-state index in [1.807, 2.05) is 6.07 Å². The second-order valence-corrected chi connectivity index (χ2v) is 3.98. The molecule has 0 spiro atoms. The molecule has 0 aliphatic carbocycles. The van der Waals surface area contributed by atoms with E-state index in [4.69, 9.17) is 0 Å². The van der Waals surface area contributed by atoms with Crippen LogP contribution in [-0.4, -0.2) is 0 Å². The number of hydrogen-bond donors (Lipinski definition) is 1. The van der Waals surface area contributed by atoms with E-state index in [1.54, 1.807) is 0 Å². The molecule has 0 nitrogen and oxygen atoms in total. The van der Waals surface area contributed by atoms with Crippen molar-refractivity contribution in [3.05, 3.63) is 35.9 Å². The summed E-state index contributed by atoms with van der Waals surface area (Å²) in [5, 5.41) is 0. The Morgan fingerprint density at radius 2 is 1.82 bits per heavy atom. The van der Waals surface area contributed by atoms with E-state index in [0.717, 1.165) is 6.42 Å². The van der Waals surface area contributed by atoms with Crippen molar-refractivity contribution >= 4 is 12.6 Å². The van der Waals surface area contributed by atoms with Gasteiger partial charge in [0.05, 0.1) is 0 Å². The Morgan fingerprint density at radius 3 is 2.27 bits per heavy atom. The van der Waals surface area contributed by atoms with Gasteiger partial charge in [-0.2, -0.15) is 12.6 Å². The average Bonchev–Trinajstić information content (AvgIpc) is 2.06. The molecule has 0 unspecified atom stereocenters. The van der Waals surface area contributed by atoms with Gasteiger partial charge in [0.15, 0.2) is 0 Å². The van der Waals surface area contributed by atoms with Crippen LogP contribution in [0.25, 0.3) is 0 Å². The second kappa shape index (κ2) is 3.31. The normalized spacial score (nSPS) is 15.9. The van der Waals surface area contributed by atoms with Crippen LogP contribution < -0.4 is 0 Å². The lowest BCUT2D eigenvalue weighted by molar-refractivity contribution is 0.671. The van der Waals surface area contributed by atoms with Gasteiger partial charge in [0.25, 0.3) is 0 Å². The van der Waals surface area contributed by atoms with Crippen LogP contribution in [0.4, 0.5) is 0 Å². The van der Waals surface area contributed by atoms with Crippen LogP contribution in [0, 0.1) is 0 Å². The van der Waals surface area contributed by atoms with Crippen molar-refractivity contribution in [3.63, 3.8) is 0 Å². The second-order valence-electron chi connectivity index (χ2n) is 2.99. The fourth-order valence-corrected chi connectivity index (χ4v) is 1.15. The van der Waals surface area contributed by atoms with Gasteiger partial charge in [0.1, 0.15) is 0 Å². The third-order valence-electron chi connectivity index (χ3n) is 2.08. The van der Waals surface area contributed by atoms with Crippen LogP contribution in [0.2, 0.25) is 0 Å². The molecule has 0 saturated heterocycles. The highest BCUT2D eigenvalue weighted by Gasteiger charge is 2.17. The lowest BCUT2D eigenvalue weighted by atomic mass is 9.98. The molecule has 1 rings (SSSR count). The van der Waals surface area contributed by atoms with E-state index in [2.05, 4.69) is 50.7 Å². The SMILES string of the molecule is CC[C@@](C)(S)c1ccccc1. The van der Waals surface area contributed by atoms with Crippen molar-refractivity contribution in [3.8, 4) is 0 Å². The fourth-order valence-electron chi connectivity index (χ4n) is 1.00. The Kier molecular flexibility index (Phi) is 2.61. The van der Waals surface area contributed by atoms with Crippen molar-refractivity contribution in [1.82, 2.24) is 0 Å². The molecule has 1 aromatic carbocycles. The van der Waals surface area contributed by atoms with E-state index in [1.165, 1.54) is 5.56 Å². The van der Waals surface area contributed by atoms with Gasteiger partial charge in [-0.3, -0.25) is 0 Å². The van der Waals surface area contributed by atoms with E-state index in [9.17, 15) is 0 Å². The third-order valence-corrected chi connectivity index (χ3v) is 2.66. The molecule has 1 heteroatoms. The van der Waals surface area contributed by atoms with Gasteiger partial charge in [-0.25, -0.2) is 0 Å². The van der Waals surface area contributed by atoms with Crippen molar-refractivity contribution < 1.29 is 0 Å². The number of benzene rings is 1. The Morgan fingerprint density at radius 1 is 1.27 bits per heavy atom. The summed E-state index contributed by atoms with van der Waals surface area (Å²) in [5.41, 5.74) is 1.30. The summed E-state index contributed by atoms with van der Waals surface area (Å²) < 4.78 is 0.0290. The highest BCUT2D eigenvalue weighted by Crippen LogP contribution is 2.30. The van der Waals surface area contributed by atoms with Gasteiger partial charge in [-0.1, -0.05) is 37.3 Å². The Balaban J connectivity index is 2.93. The zero-order chi connectivity index (χ0) is 8.32. The Bertz CT molecular complexity index is 214. The number of thiol groups is 1. The highest BCUT2D eigenvalue weighted by molar-refractivity contribution is 7.81. The monoisotopic (exact) mass is 166 g/mol. The number of hydrogen-bond acceptors (Lipinski definition) is 1. The molecule has 0 aromatic heterocycles. The van der Waals surface area contributed by atoms with Gasteiger partial charge < -0.3 is 0 Å². The first kappa shape index (κ1) is 8.66. The van der Waals surface area contributed by atoms with Crippen LogP contribution >= 0.6 is 12.6 Å². The van der Waals surface area contributed by atoms with Gasteiger partial charge in [-0.15, -0.1) is 0 Å². The minimum atomic E-state index is 0.0290. The zero-order valence-corrected chi connectivity index (χ0v) is 7.94. The molecule has 0 heterocycles. The van der Waals surface area contributed by atoms with Crippen LogP contribution in [0.15, 0.2) is 30.3 Å². The lowest BCUT2D eigenvalue weighted by Crippen LogP contribution is -2.11. The largest absolute Gasteiger partial charge is 0.168 e. The molecule has 0 aliphatic rings. The maximum Gasteiger partial charge on any atom is 0.0347 e. The minimum Gasteiger partial charge on any atom is -0.168 e. The first-order valence-electron chi connectivity index (χ1n) is 3.94. The van der Waals surface area contributed by atoms with Gasteiger partial charge in [0.2, 0.25) is 0 Å². The predicted molar refractivity (Wildman–Crippen MR) is 53.1 cm³/mol. The third kappa shape index (κ3) is 2.00. The van der Waals surface area contributed by atoms with Crippen LogP contribution in [0.3, 0.4) is 0 Å². The molecular formula is C10H14S. The molecule has 1 atom stereocenters. The number of rotatable bonds is 2. The smallest absolute Gasteiger partial charge is 0.0347 e. The van der Waals surface area contributed by atoms with E-state index in [0.29, 0.717) is 0 Å². The molecule has 0 N–H and O–H groups in total. The molecule has 0 bridgehead atoms. The van der Waals surface area contributed by atoms with Crippen molar-refractivity contribution in [2.24, 2.45) is 0 Å². The van der Waals surface area contributed by atoms with Crippen LogP contribution in [-0.2, 0) is 4.75 Å². The Hall–Kier alpha value is -0.430. The summed E-state index contributed by atoms with van der Waals surface area (Å²) >= 11 is 4.58. The minimum absolute atomic E-state index is 0.0290. The fraction of sp³-hybridized carbons (Fsp3) is 0.400. The quantitative estimate of drug-likeness (QED) is 0.641. The molecule has 1 aromatic rings. The molecule has 0 amide bonds. The topological polar surface area (TPSA) is 0 Å². The molecule has 0 aliphatic heterocycles. The first-order chi connectivity index (χ1) is 5.17. The first-order valence-corrected chi connectivity index (χ1v) is 4.39. The summed E-state index contributed by atoms with van der Waals surface area (Å²) in [6.07, 6.45) is 1.06. The zero-order valence-electron chi connectivity index (χ0n) is 7.04. The van der Waals surface area contributed by atoms with Crippen molar-refractivity contribution in [2.45, 2.75) is 25.0 Å². The Labute approximate surface area is 74.0 Å². The summed E-state index contributed by atoms with van der Waals surface area (Å²) in [5.74, 6) is 0. The molecule has 11 heavy (non-hydrogen) atoms. The maximum atomic E-state index is 4.58. The molecule has 60 valence electrons. The van der Waals surface area contributed by atoms with Gasteiger partial charge in [-0.05, 0) is 18.9 Å². The van der Waals surface area contributed by atoms with Crippen molar-refractivity contribution in [2.75, 3.05) is 0 Å². The molecule has 0 fully saturated rings. The molecular weight excluding hydrogens is 152 g/mol. The molecule has 0 radical (unpaired) electrons. The van der Waals surface area contributed by atoms with E-state index >= 15 is 0 Å². The average molecular weight is 166 g/mol. The molecule has 0 saturated carbocycles. The van der Waals surface area contributed by atoms with Crippen LogP contribution in [0.1, 0.15) is 25.8 Å². The van der Waals surface area contributed by atoms with E-state index in [-0.39, 0.29) is 4.75 Å². The van der Waals surface area contributed by atoms with Crippen LogP contribution in [0.5, 0.6) is 0 Å². The maximum absolute atomic E-state index is 4.58. The standard InChI is InChI=1S/C10H14S/c1-3-10(2,11)9-7-5-4-6-8-9/h4-8,11H,3H2,1-2H3/t10-/m1/s1. The van der Waals surface area contributed by atoms with Gasteiger partial charge in [0, 0.05) is 4.75 Å². The summed E-state index contributed by atoms with van der Waals surface area (Å²) in [7, 11) is 0. The summed E-state index contributed by atoms with van der Waals surface area (Å²) in [6, 6.07) is 10.4. The predicted octanol–water partition coefficient (Wildman–Crippen LogP) is 3.24. The van der Waals surface area contributed by atoms with Crippen molar-refractivity contribution in [1.29, 1.82) is 0 Å². The summed E-state index contributed by atoms with van der Waals surface area (Å²) in [6.45, 7) is 4.30. The summed E-state index contributed by atoms with van der Waals surface area (Å²) in [4.78, 5) is 0. The van der Waals surface area contributed by atoms with E-state index < -0.39 is 0 Å². The van der Waals surface area contributed by atoms with Gasteiger partial charge >= 0.3 is 0 Å². The lowest BCUT2D eigenvalue weighted by Gasteiger charge is -2.21. The highest BCUT2D eigenvalue weighted by atomic mass is 32.1.